The van der Waals surface area contributed by atoms with Crippen LogP contribution in [0.1, 0.15) is 38.8 Å². The number of hydrogen-bond acceptors (Lipinski definition) is 4. The Morgan fingerprint density at radius 1 is 1.04 bits per heavy atom. The molecule has 2 aromatic rings. The summed E-state index contributed by atoms with van der Waals surface area (Å²) in [6.45, 7) is 6.05. The molecule has 1 aromatic carbocycles. The van der Waals surface area contributed by atoms with E-state index in [-0.39, 0.29) is 30.6 Å². The molecule has 0 saturated carbocycles. The molecular formula is C19H26N4O2. The van der Waals surface area contributed by atoms with Gasteiger partial charge >= 0.3 is 6.03 Å². The van der Waals surface area contributed by atoms with Crippen molar-refractivity contribution in [2.24, 2.45) is 5.92 Å². The number of benzene rings is 1. The number of rotatable bonds is 7. The van der Waals surface area contributed by atoms with Gasteiger partial charge in [-0.15, -0.1) is 0 Å². The second-order valence-corrected chi connectivity index (χ2v) is 6.45. The lowest BCUT2D eigenvalue weighted by molar-refractivity contribution is 0.216. The number of aromatic nitrogens is 2. The zero-order valence-corrected chi connectivity index (χ0v) is 14.9. The lowest BCUT2D eigenvalue weighted by atomic mass is 10.0. The SMILES string of the molecule is CC(NC(=O)NC(CCO)C(C)C)c1ccc(-c2cncnc2)cc1. The number of aliphatic hydroxyl groups is 1. The van der Waals surface area contributed by atoms with Gasteiger partial charge in [-0.1, -0.05) is 38.1 Å². The minimum Gasteiger partial charge on any atom is -0.396 e. The van der Waals surface area contributed by atoms with Crippen molar-refractivity contribution in [2.45, 2.75) is 39.3 Å². The first kappa shape index (κ1) is 18.9. The highest BCUT2D eigenvalue weighted by atomic mass is 16.3. The summed E-state index contributed by atoms with van der Waals surface area (Å²) in [6.07, 6.45) is 5.59. The molecule has 0 spiro atoms. The number of amides is 2. The van der Waals surface area contributed by atoms with E-state index in [2.05, 4.69) is 20.6 Å². The van der Waals surface area contributed by atoms with Crippen LogP contribution in [0.2, 0.25) is 0 Å². The Bertz CT molecular complexity index is 659. The monoisotopic (exact) mass is 342 g/mol. The number of aliphatic hydroxyl groups excluding tert-OH is 1. The maximum absolute atomic E-state index is 12.2. The van der Waals surface area contributed by atoms with E-state index >= 15 is 0 Å². The molecule has 0 saturated heterocycles. The largest absolute Gasteiger partial charge is 0.396 e. The normalized spacial score (nSPS) is 13.3. The zero-order valence-electron chi connectivity index (χ0n) is 14.9. The van der Waals surface area contributed by atoms with Gasteiger partial charge in [0.05, 0.1) is 6.04 Å². The van der Waals surface area contributed by atoms with Crippen molar-refractivity contribution in [3.63, 3.8) is 0 Å². The first-order chi connectivity index (χ1) is 12.0. The van der Waals surface area contributed by atoms with Crippen LogP contribution in [0, 0.1) is 5.92 Å². The summed E-state index contributed by atoms with van der Waals surface area (Å²) in [5.74, 6) is 0.264. The van der Waals surface area contributed by atoms with Crippen LogP contribution in [-0.2, 0) is 0 Å². The van der Waals surface area contributed by atoms with Gasteiger partial charge in [-0.25, -0.2) is 14.8 Å². The average molecular weight is 342 g/mol. The Hall–Kier alpha value is -2.47. The van der Waals surface area contributed by atoms with Gasteiger partial charge in [0, 0.05) is 30.6 Å². The molecule has 1 aromatic heterocycles. The fourth-order valence-electron chi connectivity index (χ4n) is 2.61. The van der Waals surface area contributed by atoms with Crippen molar-refractivity contribution >= 4 is 6.03 Å². The van der Waals surface area contributed by atoms with E-state index in [1.807, 2.05) is 45.0 Å². The molecule has 134 valence electrons. The van der Waals surface area contributed by atoms with Crippen molar-refractivity contribution in [3.05, 3.63) is 48.5 Å². The van der Waals surface area contributed by atoms with Crippen LogP contribution in [-0.4, -0.2) is 33.8 Å². The van der Waals surface area contributed by atoms with Crippen molar-refractivity contribution in [1.82, 2.24) is 20.6 Å². The lowest BCUT2D eigenvalue weighted by Crippen LogP contribution is -2.45. The fraction of sp³-hybridized carbons (Fsp3) is 0.421. The molecule has 25 heavy (non-hydrogen) atoms. The summed E-state index contributed by atoms with van der Waals surface area (Å²) in [6, 6.07) is 7.57. The Morgan fingerprint density at radius 2 is 1.68 bits per heavy atom. The second kappa shape index (κ2) is 9.13. The number of carbonyl (C=O) groups is 1. The smallest absolute Gasteiger partial charge is 0.315 e. The highest BCUT2D eigenvalue weighted by Crippen LogP contribution is 2.20. The molecule has 1 heterocycles. The number of carbonyl (C=O) groups excluding carboxylic acids is 1. The van der Waals surface area contributed by atoms with Crippen LogP contribution in [0.15, 0.2) is 43.0 Å². The second-order valence-electron chi connectivity index (χ2n) is 6.45. The Balaban J connectivity index is 1.96. The standard InChI is InChI=1S/C19H26N4O2/c1-13(2)18(8-9-24)23-19(25)22-14(3)15-4-6-16(7-5-15)17-10-20-12-21-11-17/h4-7,10-14,18,24H,8-9H2,1-3H3,(H2,22,23,25). The fourth-order valence-corrected chi connectivity index (χ4v) is 2.61. The molecule has 2 unspecified atom stereocenters. The van der Waals surface area contributed by atoms with Crippen LogP contribution in [0.5, 0.6) is 0 Å². The summed E-state index contributed by atoms with van der Waals surface area (Å²) in [4.78, 5) is 20.2. The van der Waals surface area contributed by atoms with Gasteiger partial charge in [0.15, 0.2) is 0 Å². The Labute approximate surface area is 148 Å². The Kier molecular flexibility index (Phi) is 6.89. The molecule has 0 aliphatic carbocycles. The summed E-state index contributed by atoms with van der Waals surface area (Å²) in [7, 11) is 0. The number of nitrogens with zero attached hydrogens (tertiary/aromatic N) is 2. The van der Waals surface area contributed by atoms with Crippen LogP contribution in [0.25, 0.3) is 11.1 Å². The minimum atomic E-state index is -0.222. The number of nitrogens with one attached hydrogen (secondary N) is 2. The van der Waals surface area contributed by atoms with Gasteiger partial charge in [0.2, 0.25) is 0 Å². The third kappa shape index (κ3) is 5.53. The molecule has 0 aliphatic rings. The van der Waals surface area contributed by atoms with Gasteiger partial charge in [-0.3, -0.25) is 0 Å². The van der Waals surface area contributed by atoms with E-state index in [1.54, 1.807) is 12.4 Å². The molecule has 3 N–H and O–H groups in total. The number of urea groups is 1. The van der Waals surface area contributed by atoms with E-state index in [4.69, 9.17) is 5.11 Å². The van der Waals surface area contributed by atoms with Gasteiger partial charge in [-0.05, 0) is 30.4 Å². The van der Waals surface area contributed by atoms with Crippen molar-refractivity contribution in [3.8, 4) is 11.1 Å². The van der Waals surface area contributed by atoms with Gasteiger partial charge in [0.1, 0.15) is 6.33 Å². The molecule has 2 rings (SSSR count). The summed E-state index contributed by atoms with van der Waals surface area (Å²) in [5, 5.41) is 15.0. The van der Waals surface area contributed by atoms with Gasteiger partial charge in [0.25, 0.3) is 0 Å². The van der Waals surface area contributed by atoms with Crippen LogP contribution in [0.3, 0.4) is 0 Å². The van der Waals surface area contributed by atoms with Crippen LogP contribution in [0.4, 0.5) is 4.79 Å². The van der Waals surface area contributed by atoms with E-state index < -0.39 is 0 Å². The molecule has 6 heteroatoms. The predicted octanol–water partition coefficient (Wildman–Crippen LogP) is 2.91. The molecule has 2 atom stereocenters. The van der Waals surface area contributed by atoms with Crippen molar-refractivity contribution in [2.75, 3.05) is 6.61 Å². The van der Waals surface area contributed by atoms with E-state index in [0.717, 1.165) is 16.7 Å². The Morgan fingerprint density at radius 3 is 2.24 bits per heavy atom. The summed E-state index contributed by atoms with van der Waals surface area (Å²) >= 11 is 0. The maximum atomic E-state index is 12.2. The van der Waals surface area contributed by atoms with Crippen LogP contribution >= 0.6 is 0 Å². The van der Waals surface area contributed by atoms with Gasteiger partial charge in [-0.2, -0.15) is 0 Å². The number of hydrogen-bond donors (Lipinski definition) is 3. The third-order valence-corrected chi connectivity index (χ3v) is 4.21. The maximum Gasteiger partial charge on any atom is 0.315 e. The summed E-state index contributed by atoms with van der Waals surface area (Å²) < 4.78 is 0. The zero-order chi connectivity index (χ0) is 18.2. The van der Waals surface area contributed by atoms with E-state index in [0.29, 0.717) is 6.42 Å². The van der Waals surface area contributed by atoms with Crippen LogP contribution < -0.4 is 10.6 Å². The molecule has 0 aliphatic heterocycles. The highest BCUT2D eigenvalue weighted by Gasteiger charge is 2.17. The topological polar surface area (TPSA) is 87.1 Å². The predicted molar refractivity (Wildman–Crippen MR) is 97.9 cm³/mol. The summed E-state index contributed by atoms with van der Waals surface area (Å²) in [5.41, 5.74) is 3.00. The lowest BCUT2D eigenvalue weighted by Gasteiger charge is -2.23. The quantitative estimate of drug-likeness (QED) is 0.722. The minimum absolute atomic E-state index is 0.0438. The third-order valence-electron chi connectivity index (χ3n) is 4.21. The highest BCUT2D eigenvalue weighted by molar-refractivity contribution is 5.74. The average Bonchev–Trinajstić information content (AvgIpc) is 2.62. The first-order valence-corrected chi connectivity index (χ1v) is 8.54. The van der Waals surface area contributed by atoms with E-state index in [1.165, 1.54) is 6.33 Å². The van der Waals surface area contributed by atoms with E-state index in [9.17, 15) is 4.79 Å². The molecular weight excluding hydrogens is 316 g/mol. The molecule has 0 fully saturated rings. The molecule has 0 bridgehead atoms. The molecule has 6 nitrogen and oxygen atoms in total. The van der Waals surface area contributed by atoms with Crippen molar-refractivity contribution < 1.29 is 9.90 Å². The molecule has 0 radical (unpaired) electrons. The van der Waals surface area contributed by atoms with Crippen molar-refractivity contribution in [1.29, 1.82) is 0 Å². The molecule has 2 amide bonds. The van der Waals surface area contributed by atoms with Gasteiger partial charge < -0.3 is 15.7 Å². The first-order valence-electron chi connectivity index (χ1n) is 8.54.